The maximum absolute atomic E-state index is 11.7. The van der Waals surface area contributed by atoms with Gasteiger partial charge in [0.05, 0.1) is 6.10 Å². The maximum atomic E-state index is 11.7. The normalized spacial score (nSPS) is 24.9. The van der Waals surface area contributed by atoms with Gasteiger partial charge in [-0.2, -0.15) is 0 Å². The van der Waals surface area contributed by atoms with E-state index in [-0.39, 0.29) is 17.6 Å². The standard InChI is InChI=1S/C18H36N2O3/c1-12(2)11-22-15-9-14(18(15,7)8)20-13(3)10-19-16(21)23-17(4,5)6/h12-15,20H,9-11H2,1-8H3,(H,19,21). The molecule has 0 bridgehead atoms. The van der Waals surface area contributed by atoms with Crippen molar-refractivity contribution in [3.05, 3.63) is 0 Å². The first-order valence-corrected chi connectivity index (χ1v) is 8.76. The summed E-state index contributed by atoms with van der Waals surface area (Å²) in [6, 6.07) is 0.605. The smallest absolute Gasteiger partial charge is 0.407 e. The lowest BCUT2D eigenvalue weighted by atomic mass is 9.64. The Kier molecular flexibility index (Phi) is 6.90. The molecule has 2 N–H and O–H groups in total. The Morgan fingerprint density at radius 3 is 2.35 bits per heavy atom. The quantitative estimate of drug-likeness (QED) is 0.752. The Bertz CT molecular complexity index is 388. The zero-order valence-electron chi connectivity index (χ0n) is 16.2. The van der Waals surface area contributed by atoms with Gasteiger partial charge in [-0.25, -0.2) is 4.79 Å². The summed E-state index contributed by atoms with van der Waals surface area (Å²) in [5.41, 5.74) is -0.341. The molecule has 1 aliphatic carbocycles. The summed E-state index contributed by atoms with van der Waals surface area (Å²) in [6.07, 6.45) is 0.974. The van der Waals surface area contributed by atoms with Crippen LogP contribution < -0.4 is 10.6 Å². The zero-order chi connectivity index (χ0) is 17.8. The molecular weight excluding hydrogens is 292 g/mol. The highest BCUT2D eigenvalue weighted by molar-refractivity contribution is 5.67. The van der Waals surface area contributed by atoms with Gasteiger partial charge in [0.2, 0.25) is 0 Å². The van der Waals surface area contributed by atoms with E-state index in [0.717, 1.165) is 13.0 Å². The first kappa shape index (κ1) is 20.2. The predicted octanol–water partition coefficient (Wildman–Crippen LogP) is 3.33. The fraction of sp³-hybridized carbons (Fsp3) is 0.944. The van der Waals surface area contributed by atoms with Crippen LogP contribution in [0.25, 0.3) is 0 Å². The molecule has 0 spiro atoms. The van der Waals surface area contributed by atoms with Crippen LogP contribution in [0.1, 0.15) is 61.8 Å². The lowest BCUT2D eigenvalue weighted by Crippen LogP contribution is -2.63. The van der Waals surface area contributed by atoms with Crippen LogP contribution in [0.3, 0.4) is 0 Å². The van der Waals surface area contributed by atoms with Crippen molar-refractivity contribution in [3.8, 4) is 0 Å². The molecule has 0 heterocycles. The van der Waals surface area contributed by atoms with Crippen molar-refractivity contribution in [2.75, 3.05) is 13.2 Å². The van der Waals surface area contributed by atoms with Gasteiger partial charge in [-0.05, 0) is 40.0 Å². The van der Waals surface area contributed by atoms with Gasteiger partial charge in [0.1, 0.15) is 5.60 Å². The molecule has 0 aromatic carbocycles. The molecule has 5 nitrogen and oxygen atoms in total. The fourth-order valence-corrected chi connectivity index (χ4v) is 2.71. The average molecular weight is 328 g/mol. The van der Waals surface area contributed by atoms with Gasteiger partial charge in [-0.3, -0.25) is 0 Å². The van der Waals surface area contributed by atoms with Gasteiger partial charge in [0.15, 0.2) is 0 Å². The van der Waals surface area contributed by atoms with E-state index in [1.807, 2.05) is 20.8 Å². The molecule has 1 saturated carbocycles. The zero-order valence-corrected chi connectivity index (χ0v) is 16.2. The molecule has 1 amide bonds. The number of carbonyl (C=O) groups is 1. The van der Waals surface area contributed by atoms with E-state index in [9.17, 15) is 4.79 Å². The lowest BCUT2D eigenvalue weighted by Gasteiger charge is -2.53. The van der Waals surface area contributed by atoms with Crippen molar-refractivity contribution in [1.82, 2.24) is 10.6 Å². The molecule has 0 aromatic heterocycles. The molecule has 1 fully saturated rings. The second-order valence-electron chi connectivity index (χ2n) is 8.78. The average Bonchev–Trinajstić information content (AvgIpc) is 2.37. The summed E-state index contributed by atoms with van der Waals surface area (Å²) in [7, 11) is 0. The first-order chi connectivity index (χ1) is 10.4. The van der Waals surface area contributed by atoms with Crippen LogP contribution >= 0.6 is 0 Å². The molecule has 3 atom stereocenters. The Balaban J connectivity index is 2.30. The van der Waals surface area contributed by atoms with Gasteiger partial charge < -0.3 is 20.1 Å². The molecule has 1 rings (SSSR count). The SMILES string of the molecule is CC(C)COC1CC(NC(C)CNC(=O)OC(C)(C)C)C1(C)C. The van der Waals surface area contributed by atoms with Crippen LogP contribution in [-0.4, -0.2) is 43.0 Å². The van der Waals surface area contributed by atoms with E-state index in [4.69, 9.17) is 9.47 Å². The van der Waals surface area contributed by atoms with Crippen molar-refractivity contribution in [3.63, 3.8) is 0 Å². The summed E-state index contributed by atoms with van der Waals surface area (Å²) in [6.45, 7) is 17.9. The van der Waals surface area contributed by atoms with E-state index >= 15 is 0 Å². The van der Waals surface area contributed by atoms with Crippen molar-refractivity contribution in [2.24, 2.45) is 11.3 Å². The predicted molar refractivity (Wildman–Crippen MR) is 93.6 cm³/mol. The summed E-state index contributed by atoms with van der Waals surface area (Å²) in [5.74, 6) is 0.565. The van der Waals surface area contributed by atoms with Crippen molar-refractivity contribution in [1.29, 1.82) is 0 Å². The molecule has 5 heteroatoms. The van der Waals surface area contributed by atoms with E-state index in [2.05, 4.69) is 45.3 Å². The van der Waals surface area contributed by atoms with E-state index < -0.39 is 5.60 Å². The molecule has 136 valence electrons. The Morgan fingerprint density at radius 2 is 1.87 bits per heavy atom. The fourth-order valence-electron chi connectivity index (χ4n) is 2.71. The van der Waals surface area contributed by atoms with Crippen molar-refractivity contribution < 1.29 is 14.3 Å². The molecular formula is C18H36N2O3. The third-order valence-corrected chi connectivity index (χ3v) is 4.25. The summed E-state index contributed by atoms with van der Waals surface area (Å²) in [5, 5.41) is 6.41. The van der Waals surface area contributed by atoms with Crippen LogP contribution in [-0.2, 0) is 9.47 Å². The third kappa shape index (κ3) is 6.68. The minimum absolute atomic E-state index is 0.120. The number of ether oxygens (including phenoxy) is 2. The minimum atomic E-state index is -0.461. The molecule has 0 radical (unpaired) electrons. The monoisotopic (exact) mass is 328 g/mol. The van der Waals surface area contributed by atoms with Crippen LogP contribution in [0.15, 0.2) is 0 Å². The highest BCUT2D eigenvalue weighted by Crippen LogP contribution is 2.43. The Hall–Kier alpha value is -0.810. The second kappa shape index (κ2) is 7.84. The summed E-state index contributed by atoms with van der Waals surface area (Å²) >= 11 is 0. The molecule has 0 aliphatic heterocycles. The van der Waals surface area contributed by atoms with Gasteiger partial charge >= 0.3 is 6.09 Å². The van der Waals surface area contributed by atoms with Gasteiger partial charge in [-0.1, -0.05) is 27.7 Å². The molecule has 1 aliphatic rings. The highest BCUT2D eigenvalue weighted by Gasteiger charge is 2.49. The summed E-state index contributed by atoms with van der Waals surface area (Å²) in [4.78, 5) is 11.7. The van der Waals surface area contributed by atoms with Crippen molar-refractivity contribution in [2.45, 2.75) is 85.6 Å². The van der Waals surface area contributed by atoms with E-state index in [1.54, 1.807) is 0 Å². The van der Waals surface area contributed by atoms with E-state index in [1.165, 1.54) is 0 Å². The van der Waals surface area contributed by atoms with Crippen LogP contribution in [0.4, 0.5) is 4.79 Å². The molecule has 23 heavy (non-hydrogen) atoms. The largest absolute Gasteiger partial charge is 0.444 e. The van der Waals surface area contributed by atoms with E-state index in [0.29, 0.717) is 24.6 Å². The van der Waals surface area contributed by atoms with Crippen LogP contribution in [0.2, 0.25) is 0 Å². The number of nitrogens with one attached hydrogen (secondary N) is 2. The number of hydrogen-bond acceptors (Lipinski definition) is 4. The lowest BCUT2D eigenvalue weighted by molar-refractivity contribution is -0.125. The first-order valence-electron chi connectivity index (χ1n) is 8.76. The highest BCUT2D eigenvalue weighted by atomic mass is 16.6. The maximum Gasteiger partial charge on any atom is 0.407 e. The van der Waals surface area contributed by atoms with Crippen LogP contribution in [0, 0.1) is 11.3 Å². The molecule has 0 aromatic rings. The number of rotatable bonds is 7. The van der Waals surface area contributed by atoms with Gasteiger partial charge in [0.25, 0.3) is 0 Å². The molecule has 0 saturated heterocycles. The van der Waals surface area contributed by atoms with Crippen LogP contribution in [0.5, 0.6) is 0 Å². The number of amides is 1. The number of alkyl carbamates (subject to hydrolysis) is 1. The summed E-state index contributed by atoms with van der Waals surface area (Å²) < 4.78 is 11.2. The van der Waals surface area contributed by atoms with Crippen molar-refractivity contribution >= 4 is 6.09 Å². The number of carbonyl (C=O) groups excluding carboxylic acids is 1. The molecule has 3 unspecified atom stereocenters. The third-order valence-electron chi connectivity index (χ3n) is 4.25. The van der Waals surface area contributed by atoms with Gasteiger partial charge in [0, 0.05) is 30.7 Å². The second-order valence-corrected chi connectivity index (χ2v) is 8.78. The minimum Gasteiger partial charge on any atom is -0.444 e. The van der Waals surface area contributed by atoms with Gasteiger partial charge in [-0.15, -0.1) is 0 Å². The topological polar surface area (TPSA) is 59.6 Å². The Morgan fingerprint density at radius 1 is 1.26 bits per heavy atom. The Labute approximate surface area is 141 Å². The number of hydrogen-bond donors (Lipinski definition) is 2.